The minimum Gasteiger partial charge on any atom is -0.481 e. The van der Waals surface area contributed by atoms with Crippen LogP contribution in [0.4, 0.5) is 0 Å². The standard InChI is InChI=1S/C15H19NO3/c17-15(18)13-7-14(16-8-13)11-3-1-10(2-4-11)12-5-6-19-9-12/h1-4,12-14,16H,5-9H2,(H,17,18). The Kier molecular flexibility index (Phi) is 3.53. The van der Waals surface area contributed by atoms with Gasteiger partial charge in [-0.05, 0) is 24.0 Å². The molecule has 3 rings (SSSR count). The van der Waals surface area contributed by atoms with Crippen LogP contribution < -0.4 is 5.32 Å². The van der Waals surface area contributed by atoms with Crippen LogP contribution >= 0.6 is 0 Å². The molecule has 102 valence electrons. The molecule has 2 heterocycles. The van der Waals surface area contributed by atoms with Gasteiger partial charge in [-0.1, -0.05) is 24.3 Å². The van der Waals surface area contributed by atoms with Crippen molar-refractivity contribution in [2.24, 2.45) is 5.92 Å². The molecule has 4 heteroatoms. The number of carboxylic acid groups (broad SMARTS) is 1. The number of hydrogen-bond acceptors (Lipinski definition) is 3. The molecule has 0 amide bonds. The van der Waals surface area contributed by atoms with Crippen molar-refractivity contribution in [1.82, 2.24) is 5.32 Å². The summed E-state index contributed by atoms with van der Waals surface area (Å²) < 4.78 is 5.40. The van der Waals surface area contributed by atoms with Gasteiger partial charge in [0.05, 0.1) is 12.5 Å². The van der Waals surface area contributed by atoms with E-state index in [-0.39, 0.29) is 12.0 Å². The van der Waals surface area contributed by atoms with Crippen molar-refractivity contribution in [3.63, 3.8) is 0 Å². The van der Waals surface area contributed by atoms with Gasteiger partial charge < -0.3 is 15.2 Å². The molecule has 0 saturated carbocycles. The fourth-order valence-corrected chi connectivity index (χ4v) is 2.98. The van der Waals surface area contributed by atoms with E-state index in [0.717, 1.165) is 19.6 Å². The van der Waals surface area contributed by atoms with E-state index in [1.165, 1.54) is 11.1 Å². The Hall–Kier alpha value is -1.39. The predicted molar refractivity (Wildman–Crippen MR) is 71.1 cm³/mol. The third kappa shape index (κ3) is 2.65. The molecule has 0 radical (unpaired) electrons. The van der Waals surface area contributed by atoms with Gasteiger partial charge in [0.15, 0.2) is 0 Å². The zero-order chi connectivity index (χ0) is 13.2. The van der Waals surface area contributed by atoms with Gasteiger partial charge >= 0.3 is 5.97 Å². The van der Waals surface area contributed by atoms with Crippen LogP contribution in [0, 0.1) is 5.92 Å². The molecule has 4 nitrogen and oxygen atoms in total. The minimum absolute atomic E-state index is 0.176. The van der Waals surface area contributed by atoms with Crippen LogP contribution in [0.5, 0.6) is 0 Å². The maximum atomic E-state index is 11.0. The predicted octanol–water partition coefficient (Wildman–Crippen LogP) is 1.93. The molecule has 0 spiro atoms. The number of carboxylic acids is 1. The van der Waals surface area contributed by atoms with Gasteiger partial charge in [-0.3, -0.25) is 4.79 Å². The van der Waals surface area contributed by atoms with Gasteiger partial charge in [-0.15, -0.1) is 0 Å². The maximum absolute atomic E-state index is 11.0. The first-order valence-electron chi connectivity index (χ1n) is 6.88. The van der Waals surface area contributed by atoms with E-state index in [9.17, 15) is 4.79 Å². The summed E-state index contributed by atoms with van der Waals surface area (Å²) in [7, 11) is 0. The first-order valence-corrected chi connectivity index (χ1v) is 6.88. The second kappa shape index (κ2) is 5.31. The molecule has 0 aliphatic carbocycles. The van der Waals surface area contributed by atoms with E-state index in [2.05, 4.69) is 29.6 Å². The summed E-state index contributed by atoms with van der Waals surface area (Å²) in [5.74, 6) is -0.431. The number of carbonyl (C=O) groups is 1. The van der Waals surface area contributed by atoms with Crippen molar-refractivity contribution in [1.29, 1.82) is 0 Å². The van der Waals surface area contributed by atoms with E-state index < -0.39 is 5.97 Å². The van der Waals surface area contributed by atoms with Crippen molar-refractivity contribution in [2.75, 3.05) is 19.8 Å². The van der Waals surface area contributed by atoms with Crippen LogP contribution in [-0.4, -0.2) is 30.8 Å². The zero-order valence-electron chi connectivity index (χ0n) is 10.8. The molecule has 2 N–H and O–H groups in total. The van der Waals surface area contributed by atoms with Crippen LogP contribution in [0.25, 0.3) is 0 Å². The molecule has 2 saturated heterocycles. The summed E-state index contributed by atoms with van der Waals surface area (Å²) in [5.41, 5.74) is 2.51. The quantitative estimate of drug-likeness (QED) is 0.873. The van der Waals surface area contributed by atoms with Crippen LogP contribution in [0.15, 0.2) is 24.3 Å². The number of benzene rings is 1. The highest BCUT2D eigenvalue weighted by Gasteiger charge is 2.30. The molecule has 3 unspecified atom stereocenters. The van der Waals surface area contributed by atoms with Crippen molar-refractivity contribution in [3.8, 4) is 0 Å². The lowest BCUT2D eigenvalue weighted by atomic mass is 9.94. The number of ether oxygens (including phenoxy) is 1. The third-order valence-corrected chi connectivity index (χ3v) is 4.22. The molecule has 2 aliphatic heterocycles. The normalized spacial score (nSPS) is 30.6. The first kappa shape index (κ1) is 12.6. The zero-order valence-corrected chi connectivity index (χ0v) is 10.8. The SMILES string of the molecule is O=C(O)C1CNC(c2ccc(C3CCOC3)cc2)C1. The fraction of sp³-hybridized carbons (Fsp3) is 0.533. The Morgan fingerprint density at radius 2 is 2.00 bits per heavy atom. The minimum atomic E-state index is -0.699. The van der Waals surface area contributed by atoms with Gasteiger partial charge in [0.1, 0.15) is 0 Å². The lowest BCUT2D eigenvalue weighted by molar-refractivity contribution is -0.141. The van der Waals surface area contributed by atoms with E-state index in [1.54, 1.807) is 0 Å². The van der Waals surface area contributed by atoms with Gasteiger partial charge in [-0.25, -0.2) is 0 Å². The Bertz CT molecular complexity index is 451. The van der Waals surface area contributed by atoms with Gasteiger partial charge in [0.2, 0.25) is 0 Å². The van der Waals surface area contributed by atoms with E-state index in [4.69, 9.17) is 9.84 Å². The fourth-order valence-electron chi connectivity index (χ4n) is 2.98. The lowest BCUT2D eigenvalue weighted by Gasteiger charge is -2.13. The molecule has 2 aliphatic rings. The molecule has 1 aromatic carbocycles. The van der Waals surface area contributed by atoms with E-state index >= 15 is 0 Å². The summed E-state index contributed by atoms with van der Waals surface area (Å²) >= 11 is 0. The van der Waals surface area contributed by atoms with Crippen molar-refractivity contribution < 1.29 is 14.6 Å². The van der Waals surface area contributed by atoms with Crippen molar-refractivity contribution in [2.45, 2.75) is 24.8 Å². The highest BCUT2D eigenvalue weighted by atomic mass is 16.5. The third-order valence-electron chi connectivity index (χ3n) is 4.22. The summed E-state index contributed by atoms with van der Waals surface area (Å²) in [6.07, 6.45) is 1.78. The molecule has 2 fully saturated rings. The molecule has 19 heavy (non-hydrogen) atoms. The molecule has 0 bridgehead atoms. The topological polar surface area (TPSA) is 58.6 Å². The lowest BCUT2D eigenvalue weighted by Crippen LogP contribution is -2.17. The van der Waals surface area contributed by atoms with Gasteiger partial charge in [0.25, 0.3) is 0 Å². The summed E-state index contributed by atoms with van der Waals surface area (Å²) in [5, 5.41) is 12.3. The second-order valence-electron chi connectivity index (χ2n) is 5.46. The largest absolute Gasteiger partial charge is 0.481 e. The summed E-state index contributed by atoms with van der Waals surface area (Å²) in [6, 6.07) is 8.73. The number of rotatable bonds is 3. The van der Waals surface area contributed by atoms with E-state index in [0.29, 0.717) is 18.9 Å². The van der Waals surface area contributed by atoms with Crippen molar-refractivity contribution in [3.05, 3.63) is 35.4 Å². The number of aliphatic carboxylic acids is 1. The monoisotopic (exact) mass is 261 g/mol. The summed E-state index contributed by atoms with van der Waals surface area (Å²) in [6.45, 7) is 2.25. The average Bonchev–Trinajstić information content (AvgIpc) is 3.11. The Morgan fingerprint density at radius 3 is 2.58 bits per heavy atom. The molecule has 3 atom stereocenters. The van der Waals surface area contributed by atoms with Crippen LogP contribution in [0.1, 0.15) is 35.9 Å². The van der Waals surface area contributed by atoms with Gasteiger partial charge in [0, 0.05) is 25.1 Å². The van der Waals surface area contributed by atoms with Crippen LogP contribution in [0.2, 0.25) is 0 Å². The van der Waals surface area contributed by atoms with Crippen LogP contribution in [0.3, 0.4) is 0 Å². The second-order valence-corrected chi connectivity index (χ2v) is 5.46. The highest BCUT2D eigenvalue weighted by molar-refractivity contribution is 5.70. The Balaban J connectivity index is 1.67. The molecule has 0 aromatic heterocycles. The van der Waals surface area contributed by atoms with E-state index in [1.807, 2.05) is 0 Å². The highest BCUT2D eigenvalue weighted by Crippen LogP contribution is 2.30. The Morgan fingerprint density at radius 1 is 1.26 bits per heavy atom. The maximum Gasteiger partial charge on any atom is 0.307 e. The van der Waals surface area contributed by atoms with Crippen molar-refractivity contribution >= 4 is 5.97 Å². The first-order chi connectivity index (χ1) is 9.24. The van der Waals surface area contributed by atoms with Gasteiger partial charge in [-0.2, -0.15) is 0 Å². The molecule has 1 aromatic rings. The number of nitrogens with one attached hydrogen (secondary N) is 1. The molecular formula is C15H19NO3. The number of hydrogen-bond donors (Lipinski definition) is 2. The molecular weight excluding hydrogens is 242 g/mol. The summed E-state index contributed by atoms with van der Waals surface area (Å²) in [4.78, 5) is 11.0. The smallest absolute Gasteiger partial charge is 0.307 e. The Labute approximate surface area is 112 Å². The average molecular weight is 261 g/mol. The van der Waals surface area contributed by atoms with Crippen LogP contribution in [-0.2, 0) is 9.53 Å².